The molecule has 0 atom stereocenters. The second kappa shape index (κ2) is 12.8. The van der Waals surface area contributed by atoms with Crippen LogP contribution in [-0.2, 0) is 9.47 Å². The molecule has 0 unspecified atom stereocenters. The van der Waals surface area contributed by atoms with Gasteiger partial charge in [-0.05, 0) is 64.7 Å². The third-order valence-electron chi connectivity index (χ3n) is 8.33. The average Bonchev–Trinajstić information content (AvgIpc) is 3.38. The summed E-state index contributed by atoms with van der Waals surface area (Å²) in [6.07, 6.45) is 6.95. The summed E-state index contributed by atoms with van der Waals surface area (Å²) < 4.78 is 18.4. The summed E-state index contributed by atoms with van der Waals surface area (Å²) in [7, 11) is 1.59. The van der Waals surface area contributed by atoms with Crippen molar-refractivity contribution in [3.05, 3.63) is 48.4 Å². The fourth-order valence-electron chi connectivity index (χ4n) is 6.02. The van der Waals surface area contributed by atoms with Crippen LogP contribution in [0.15, 0.2) is 42.7 Å². The zero-order valence-corrected chi connectivity index (χ0v) is 26.3. The van der Waals surface area contributed by atoms with Gasteiger partial charge in [-0.1, -0.05) is 12.1 Å². The molecule has 0 spiro atoms. The van der Waals surface area contributed by atoms with Crippen molar-refractivity contribution in [3.63, 3.8) is 0 Å². The van der Waals surface area contributed by atoms with Gasteiger partial charge in [0.15, 0.2) is 18.1 Å². The molecule has 2 N–H and O–H groups in total. The molecular formula is C32H41N9O4. The zero-order chi connectivity index (χ0) is 31.6. The number of fused-ring (bicyclic) bond motifs is 1. The molecule has 2 aliphatic heterocycles. The summed E-state index contributed by atoms with van der Waals surface area (Å²) in [4.78, 5) is 26.0. The van der Waals surface area contributed by atoms with Crippen LogP contribution >= 0.6 is 0 Å². The number of nitrogens with zero attached hydrogens (tertiary/aromatic N) is 8. The number of carbonyl (C=O) groups is 1. The Morgan fingerprint density at radius 1 is 1.00 bits per heavy atom. The third kappa shape index (κ3) is 6.77. The lowest BCUT2D eigenvalue weighted by atomic mass is 9.94. The van der Waals surface area contributed by atoms with E-state index in [2.05, 4.69) is 20.2 Å². The van der Waals surface area contributed by atoms with Crippen molar-refractivity contribution in [2.45, 2.75) is 64.0 Å². The first kappa shape index (κ1) is 30.5. The van der Waals surface area contributed by atoms with Crippen molar-refractivity contribution in [3.8, 4) is 17.0 Å². The molecule has 1 aromatic carbocycles. The van der Waals surface area contributed by atoms with Gasteiger partial charge in [0.05, 0.1) is 35.3 Å². The van der Waals surface area contributed by atoms with Crippen molar-refractivity contribution in [2.75, 3.05) is 50.7 Å². The Hall–Kier alpha value is -4.52. The average molecular weight is 616 g/mol. The Morgan fingerprint density at radius 3 is 2.44 bits per heavy atom. The number of nitrogen functional groups attached to an aromatic ring is 1. The molecule has 13 heteroatoms. The summed E-state index contributed by atoms with van der Waals surface area (Å²) in [5.74, 6) is 2.18. The third-order valence-corrected chi connectivity index (χ3v) is 8.33. The van der Waals surface area contributed by atoms with Crippen LogP contribution in [0.2, 0.25) is 0 Å². The van der Waals surface area contributed by atoms with E-state index >= 15 is 0 Å². The van der Waals surface area contributed by atoms with E-state index in [0.717, 1.165) is 61.4 Å². The lowest BCUT2D eigenvalue weighted by Crippen LogP contribution is -2.41. The highest BCUT2D eigenvalue weighted by atomic mass is 16.7. The number of anilines is 2. The first-order chi connectivity index (χ1) is 21.7. The van der Waals surface area contributed by atoms with Gasteiger partial charge in [0.25, 0.3) is 0 Å². The van der Waals surface area contributed by atoms with Crippen LogP contribution < -0.4 is 15.4 Å². The van der Waals surface area contributed by atoms with E-state index in [1.54, 1.807) is 12.0 Å². The topological polar surface area (TPSA) is 147 Å². The highest BCUT2D eigenvalue weighted by Crippen LogP contribution is 2.34. The number of piperidine rings is 2. The zero-order valence-electron chi connectivity index (χ0n) is 26.3. The molecule has 5 heterocycles. The van der Waals surface area contributed by atoms with Crippen molar-refractivity contribution >= 4 is 28.8 Å². The van der Waals surface area contributed by atoms with Gasteiger partial charge in [0.2, 0.25) is 0 Å². The number of likely N-dealkylation sites (tertiary alicyclic amines) is 1. The Morgan fingerprint density at radius 2 is 1.76 bits per heavy atom. The number of nitrogens with two attached hydrogens (primary N) is 1. The molecule has 45 heavy (non-hydrogen) atoms. The number of ether oxygens (including phenoxy) is 3. The number of carbonyl (C=O) groups excluding carboxylic acids is 1. The molecule has 3 aromatic heterocycles. The van der Waals surface area contributed by atoms with Crippen molar-refractivity contribution in [2.24, 2.45) is 0 Å². The fourth-order valence-corrected chi connectivity index (χ4v) is 6.02. The monoisotopic (exact) mass is 615 g/mol. The van der Waals surface area contributed by atoms with Crippen molar-refractivity contribution < 1.29 is 19.0 Å². The number of methoxy groups -OCH3 is 1. The van der Waals surface area contributed by atoms with E-state index in [1.807, 2.05) is 68.2 Å². The van der Waals surface area contributed by atoms with Gasteiger partial charge >= 0.3 is 6.09 Å². The van der Waals surface area contributed by atoms with E-state index in [1.165, 1.54) is 0 Å². The molecule has 0 aliphatic carbocycles. The van der Waals surface area contributed by atoms with Gasteiger partial charge in [-0.2, -0.15) is 5.10 Å². The van der Waals surface area contributed by atoms with Crippen LogP contribution in [0.5, 0.6) is 5.75 Å². The molecule has 4 aromatic rings. The van der Waals surface area contributed by atoms with E-state index in [0.29, 0.717) is 35.9 Å². The van der Waals surface area contributed by atoms with Crippen LogP contribution in [0.3, 0.4) is 0 Å². The number of amides is 1. The van der Waals surface area contributed by atoms with Gasteiger partial charge in [-0.15, -0.1) is 10.2 Å². The Kier molecular flexibility index (Phi) is 8.70. The van der Waals surface area contributed by atoms with Crippen LogP contribution in [0, 0.1) is 0 Å². The predicted molar refractivity (Wildman–Crippen MR) is 170 cm³/mol. The summed E-state index contributed by atoms with van der Waals surface area (Å²) in [6.45, 7) is 8.74. The lowest BCUT2D eigenvalue weighted by molar-refractivity contribution is 0.0204. The van der Waals surface area contributed by atoms with Crippen molar-refractivity contribution in [1.82, 2.24) is 34.8 Å². The van der Waals surface area contributed by atoms with E-state index in [-0.39, 0.29) is 24.8 Å². The quantitative estimate of drug-likeness (QED) is 0.286. The summed E-state index contributed by atoms with van der Waals surface area (Å²) in [6, 6.07) is 9.81. The standard InChI is InChI=1S/C32H41N9O4/c1-32(2,3)45-31(42)40-13-9-21(10-14-40)25-18-35-28(19-34-25)39-15-11-22(12-16-39)41-26-17-24(36-37-29(26)30(33)38-41)23-7-5-6-8-27(23)44-20-43-4/h5-8,17-19,21-22H,9-16,20H2,1-4H3,(H2,33,38). The largest absolute Gasteiger partial charge is 0.467 e. The number of aromatic nitrogens is 6. The number of hydrogen-bond donors (Lipinski definition) is 1. The predicted octanol–water partition coefficient (Wildman–Crippen LogP) is 4.80. The van der Waals surface area contributed by atoms with E-state index in [4.69, 9.17) is 29.9 Å². The number of benzene rings is 1. The molecular weight excluding hydrogens is 574 g/mol. The highest BCUT2D eigenvalue weighted by Gasteiger charge is 2.29. The molecule has 2 aliphatic rings. The number of hydrogen-bond acceptors (Lipinski definition) is 11. The lowest BCUT2D eigenvalue weighted by Gasteiger charge is -2.34. The van der Waals surface area contributed by atoms with E-state index < -0.39 is 5.60 Å². The normalized spacial score (nSPS) is 16.7. The molecule has 238 valence electrons. The SMILES string of the molecule is COCOc1ccccc1-c1cc2c(nn1)c(N)nn2C1CCN(c2cnc(C3CCN(C(=O)OC(C)(C)C)CC3)cn2)CC1. The Balaban J connectivity index is 1.09. The molecule has 0 bridgehead atoms. The summed E-state index contributed by atoms with van der Waals surface area (Å²) >= 11 is 0. The van der Waals surface area contributed by atoms with Gasteiger partial charge < -0.3 is 29.7 Å². The second-order valence-corrected chi connectivity index (χ2v) is 12.6. The highest BCUT2D eigenvalue weighted by molar-refractivity contribution is 5.87. The second-order valence-electron chi connectivity index (χ2n) is 12.6. The minimum Gasteiger partial charge on any atom is -0.467 e. The maximum atomic E-state index is 12.4. The summed E-state index contributed by atoms with van der Waals surface area (Å²) in [5, 5.41) is 13.5. The minimum atomic E-state index is -0.492. The van der Waals surface area contributed by atoms with Crippen LogP contribution in [-0.4, -0.2) is 86.6 Å². The Bertz CT molecular complexity index is 1620. The minimum absolute atomic E-state index is 0.137. The maximum Gasteiger partial charge on any atom is 0.410 e. The smallest absolute Gasteiger partial charge is 0.410 e. The molecule has 0 radical (unpaired) electrons. The molecule has 2 saturated heterocycles. The summed E-state index contributed by atoms with van der Waals surface area (Å²) in [5.41, 5.74) is 9.70. The number of rotatable bonds is 7. The van der Waals surface area contributed by atoms with E-state index in [9.17, 15) is 4.79 Å². The first-order valence-electron chi connectivity index (χ1n) is 15.5. The molecule has 1 amide bonds. The van der Waals surface area contributed by atoms with Crippen LogP contribution in [0.4, 0.5) is 16.4 Å². The molecule has 6 rings (SSSR count). The first-order valence-corrected chi connectivity index (χ1v) is 15.5. The number of para-hydroxylation sites is 1. The Labute approximate surface area is 262 Å². The molecule has 13 nitrogen and oxygen atoms in total. The fraction of sp³-hybridized carbons (Fsp3) is 0.500. The van der Waals surface area contributed by atoms with Gasteiger partial charge in [0, 0.05) is 44.8 Å². The molecule has 0 saturated carbocycles. The van der Waals surface area contributed by atoms with Gasteiger partial charge in [0.1, 0.15) is 17.2 Å². The van der Waals surface area contributed by atoms with Gasteiger partial charge in [-0.3, -0.25) is 9.67 Å². The van der Waals surface area contributed by atoms with Crippen molar-refractivity contribution in [1.29, 1.82) is 0 Å². The van der Waals surface area contributed by atoms with Crippen LogP contribution in [0.25, 0.3) is 22.3 Å². The van der Waals surface area contributed by atoms with Crippen LogP contribution in [0.1, 0.15) is 64.1 Å². The molecule has 2 fully saturated rings. The maximum absolute atomic E-state index is 12.4. The van der Waals surface area contributed by atoms with Gasteiger partial charge in [-0.25, -0.2) is 9.78 Å².